The van der Waals surface area contributed by atoms with E-state index in [1.54, 1.807) is 71.4 Å². The Balaban J connectivity index is 1.25. The lowest BCUT2D eigenvalue weighted by molar-refractivity contribution is -0.577. The van der Waals surface area contributed by atoms with Gasteiger partial charge >= 0.3 is 0 Å². The summed E-state index contributed by atoms with van der Waals surface area (Å²) in [7, 11) is 0. The van der Waals surface area contributed by atoms with Gasteiger partial charge < -0.3 is 15.3 Å². The molecule has 0 atom stereocenters. The van der Waals surface area contributed by atoms with Crippen LogP contribution in [0.15, 0.2) is 79.1 Å². The van der Waals surface area contributed by atoms with Crippen molar-refractivity contribution in [3.63, 3.8) is 0 Å². The highest BCUT2D eigenvalue weighted by atomic mass is 19.1. The summed E-state index contributed by atoms with van der Waals surface area (Å²) >= 11 is 0. The molecule has 1 aliphatic carbocycles. The molecule has 3 aromatic heterocycles. The van der Waals surface area contributed by atoms with E-state index in [9.17, 15) is 14.4 Å². The van der Waals surface area contributed by atoms with Crippen molar-refractivity contribution in [3.8, 4) is 23.0 Å². The fraction of sp³-hybridized carbons (Fsp3) is 0.207. The third-order valence-corrected chi connectivity index (χ3v) is 6.95. The Morgan fingerprint density at radius 2 is 1.95 bits per heavy atom. The molecule has 9 nitrogen and oxygen atoms in total. The maximum Gasteiger partial charge on any atom is 0.252 e. The van der Waals surface area contributed by atoms with Crippen LogP contribution in [0.1, 0.15) is 41.9 Å². The molecule has 0 unspecified atom stereocenters. The Morgan fingerprint density at radius 1 is 1.10 bits per heavy atom. The van der Waals surface area contributed by atoms with Gasteiger partial charge in [-0.05, 0) is 56.2 Å². The van der Waals surface area contributed by atoms with Crippen LogP contribution in [0, 0.1) is 11.0 Å². The number of halogens is 1. The highest BCUT2D eigenvalue weighted by molar-refractivity contribution is 6.05. The number of para-hydroxylation sites is 1. The van der Waals surface area contributed by atoms with Crippen LogP contribution in [-0.2, 0) is 0 Å². The summed E-state index contributed by atoms with van der Waals surface area (Å²) in [6.45, 7) is 2.42. The molecule has 196 valence electrons. The molecule has 1 aliphatic rings. The van der Waals surface area contributed by atoms with Gasteiger partial charge in [-0.2, -0.15) is 4.73 Å². The number of pyridine rings is 2. The number of hydrogen-bond donors (Lipinski definition) is 1. The first-order chi connectivity index (χ1) is 19.0. The number of fused-ring (bicyclic) bond motifs is 1. The third-order valence-electron chi connectivity index (χ3n) is 6.95. The Hall–Kier alpha value is -4.86. The first-order valence-corrected chi connectivity index (χ1v) is 12.7. The average molecular weight is 525 g/mol. The minimum atomic E-state index is -0.401. The molecule has 5 aromatic rings. The molecule has 0 aliphatic heterocycles. The zero-order valence-corrected chi connectivity index (χ0v) is 21.1. The largest absolute Gasteiger partial charge is 0.618 e. The summed E-state index contributed by atoms with van der Waals surface area (Å²) in [5.41, 5.74) is 1.75. The first kappa shape index (κ1) is 24.5. The van der Waals surface area contributed by atoms with Gasteiger partial charge in [0.25, 0.3) is 5.91 Å². The number of aromatic nitrogens is 5. The fourth-order valence-corrected chi connectivity index (χ4v) is 4.99. The van der Waals surface area contributed by atoms with Crippen LogP contribution < -0.4 is 14.8 Å². The molecule has 1 amide bonds. The Bertz CT molecular complexity index is 1660. The molecule has 0 saturated heterocycles. The van der Waals surface area contributed by atoms with Gasteiger partial charge in [0.05, 0.1) is 29.4 Å². The van der Waals surface area contributed by atoms with Crippen molar-refractivity contribution in [2.75, 3.05) is 6.61 Å². The number of carbonyl (C=O) groups excluding carboxylic acids is 1. The molecule has 1 saturated carbocycles. The third kappa shape index (κ3) is 4.54. The van der Waals surface area contributed by atoms with E-state index < -0.39 is 5.82 Å². The lowest BCUT2D eigenvalue weighted by Crippen LogP contribution is -2.44. The number of hydrogen-bond acceptors (Lipinski definition) is 6. The van der Waals surface area contributed by atoms with Crippen LogP contribution in [0.2, 0.25) is 0 Å². The smallest absolute Gasteiger partial charge is 0.252 e. The van der Waals surface area contributed by atoms with E-state index in [1.807, 2.05) is 6.92 Å². The summed E-state index contributed by atoms with van der Waals surface area (Å²) in [4.78, 5) is 17.6. The average Bonchev–Trinajstić information content (AvgIpc) is 3.35. The first-order valence-electron chi connectivity index (χ1n) is 12.7. The van der Waals surface area contributed by atoms with Crippen molar-refractivity contribution < 1.29 is 18.7 Å². The molecule has 10 heteroatoms. The van der Waals surface area contributed by atoms with Gasteiger partial charge in [0, 0.05) is 24.1 Å². The molecule has 1 fully saturated rings. The maximum atomic E-state index is 15.0. The fourth-order valence-electron chi connectivity index (χ4n) is 4.99. The summed E-state index contributed by atoms with van der Waals surface area (Å²) < 4.78 is 22.9. The van der Waals surface area contributed by atoms with E-state index in [0.29, 0.717) is 64.7 Å². The van der Waals surface area contributed by atoms with Crippen molar-refractivity contribution in [2.45, 2.75) is 31.7 Å². The highest BCUT2D eigenvalue weighted by Crippen LogP contribution is 2.39. The standard InChI is InChI=1S/C29H25FN6O3/c1-2-39-20-12-13-24(31-17-20)28-34-33-27(36(28)26-10-4-3-9-23(26)30)18-15-19(16-18)32-29(37)22-7-5-11-25-21(22)8-6-14-35(25)38/h3-14,17-19H,2,15-16H2,1H3,(H,32,37)/t18-,19-. The lowest BCUT2D eigenvalue weighted by Gasteiger charge is -2.35. The highest BCUT2D eigenvalue weighted by Gasteiger charge is 2.37. The van der Waals surface area contributed by atoms with Crippen LogP contribution in [0.25, 0.3) is 28.1 Å². The summed E-state index contributed by atoms with van der Waals surface area (Å²) in [6, 6.07) is 18.4. The number of rotatable bonds is 7. The van der Waals surface area contributed by atoms with Crippen LogP contribution >= 0.6 is 0 Å². The van der Waals surface area contributed by atoms with Crippen LogP contribution in [0.4, 0.5) is 4.39 Å². The molecule has 2 aromatic carbocycles. The molecule has 0 spiro atoms. The van der Waals surface area contributed by atoms with E-state index in [-0.39, 0.29) is 17.9 Å². The zero-order valence-electron chi connectivity index (χ0n) is 21.1. The monoisotopic (exact) mass is 524 g/mol. The Labute approximate surface area is 223 Å². The van der Waals surface area contributed by atoms with E-state index in [0.717, 1.165) is 4.73 Å². The van der Waals surface area contributed by atoms with E-state index in [4.69, 9.17) is 4.74 Å². The lowest BCUT2D eigenvalue weighted by atomic mass is 9.79. The number of benzene rings is 2. The van der Waals surface area contributed by atoms with Gasteiger partial charge in [0.1, 0.15) is 23.1 Å². The Kier molecular flexibility index (Phi) is 6.36. The SMILES string of the molecule is CCOc1ccc(-c2nnc([C@H]3C[C@H](NC(=O)c4cccc5c4ccc[n+]5[O-])C3)n2-c2ccccc2F)nc1. The summed E-state index contributed by atoms with van der Waals surface area (Å²) in [6.07, 6.45) is 4.24. The Morgan fingerprint density at radius 3 is 2.72 bits per heavy atom. The van der Waals surface area contributed by atoms with E-state index in [2.05, 4.69) is 20.5 Å². The van der Waals surface area contributed by atoms with Gasteiger partial charge in [0.2, 0.25) is 5.52 Å². The van der Waals surface area contributed by atoms with Crippen molar-refractivity contribution >= 4 is 16.8 Å². The molecular weight excluding hydrogens is 499 g/mol. The number of ether oxygens (including phenoxy) is 1. The molecular formula is C29H25FN6O3. The maximum absolute atomic E-state index is 15.0. The van der Waals surface area contributed by atoms with E-state index in [1.165, 1.54) is 12.3 Å². The number of amides is 1. The topological polar surface area (TPSA) is 109 Å². The minimum Gasteiger partial charge on any atom is -0.618 e. The molecule has 0 bridgehead atoms. The molecule has 6 rings (SSSR count). The second-order valence-electron chi connectivity index (χ2n) is 9.39. The minimum absolute atomic E-state index is 0.0461. The number of carbonyl (C=O) groups is 1. The second kappa shape index (κ2) is 10.1. The molecule has 39 heavy (non-hydrogen) atoms. The normalized spacial score (nSPS) is 16.6. The zero-order chi connectivity index (χ0) is 26.9. The van der Waals surface area contributed by atoms with Gasteiger partial charge in [0.15, 0.2) is 12.0 Å². The van der Waals surface area contributed by atoms with E-state index >= 15 is 0 Å². The molecule has 0 radical (unpaired) electrons. The van der Waals surface area contributed by atoms with Crippen LogP contribution in [0.3, 0.4) is 0 Å². The van der Waals surface area contributed by atoms with Gasteiger partial charge in [-0.3, -0.25) is 9.36 Å². The molecule has 3 heterocycles. The van der Waals surface area contributed by atoms with Gasteiger partial charge in [-0.1, -0.05) is 18.2 Å². The van der Waals surface area contributed by atoms with Crippen LogP contribution in [0.5, 0.6) is 5.75 Å². The van der Waals surface area contributed by atoms with Crippen molar-refractivity contribution in [2.24, 2.45) is 0 Å². The van der Waals surface area contributed by atoms with Gasteiger partial charge in [-0.25, -0.2) is 9.37 Å². The van der Waals surface area contributed by atoms with Crippen molar-refractivity contribution in [3.05, 3.63) is 102 Å². The predicted octanol–water partition coefficient (Wildman–Crippen LogP) is 4.33. The number of nitrogens with one attached hydrogen (secondary N) is 1. The summed E-state index contributed by atoms with van der Waals surface area (Å²) in [5, 5.41) is 24.6. The molecule has 1 N–H and O–H groups in total. The van der Waals surface area contributed by atoms with Crippen molar-refractivity contribution in [1.29, 1.82) is 0 Å². The number of nitrogens with zero attached hydrogens (tertiary/aromatic N) is 5. The summed E-state index contributed by atoms with van der Waals surface area (Å²) in [5.74, 6) is 0.968. The predicted molar refractivity (Wildman–Crippen MR) is 142 cm³/mol. The quantitative estimate of drug-likeness (QED) is 0.251. The van der Waals surface area contributed by atoms with Gasteiger partial charge in [-0.15, -0.1) is 10.2 Å². The van der Waals surface area contributed by atoms with Crippen molar-refractivity contribution in [1.82, 2.24) is 25.1 Å². The van der Waals surface area contributed by atoms with Crippen LogP contribution in [-0.4, -0.2) is 38.3 Å². The second-order valence-corrected chi connectivity index (χ2v) is 9.39.